The van der Waals surface area contributed by atoms with Gasteiger partial charge >= 0.3 is 0 Å². The van der Waals surface area contributed by atoms with Crippen molar-refractivity contribution in [2.75, 3.05) is 11.1 Å². The van der Waals surface area contributed by atoms with Crippen LogP contribution < -0.4 is 11.1 Å². The molecule has 2 heterocycles. The predicted molar refractivity (Wildman–Crippen MR) is 90.9 cm³/mol. The highest BCUT2D eigenvalue weighted by Crippen LogP contribution is 2.27. The molecule has 0 saturated heterocycles. The Bertz CT molecular complexity index is 848. The zero-order chi connectivity index (χ0) is 15.9. The monoisotopic (exact) mass is 295 g/mol. The summed E-state index contributed by atoms with van der Waals surface area (Å²) in [5.41, 5.74) is 11.2. The maximum absolute atomic E-state index is 6.08. The lowest BCUT2D eigenvalue weighted by molar-refractivity contribution is 0.730. The first kappa shape index (κ1) is 14.4. The Morgan fingerprint density at radius 3 is 2.64 bits per heavy atom. The summed E-state index contributed by atoms with van der Waals surface area (Å²) in [6.45, 7) is 6.80. The van der Waals surface area contributed by atoms with E-state index < -0.39 is 0 Å². The molecule has 0 amide bonds. The molecule has 0 aliphatic heterocycles. The minimum Gasteiger partial charge on any atom is -0.398 e. The van der Waals surface area contributed by atoms with E-state index in [1.54, 1.807) is 0 Å². The molecule has 0 aliphatic carbocycles. The van der Waals surface area contributed by atoms with Crippen molar-refractivity contribution in [2.45, 2.75) is 27.3 Å². The standard InChI is InChI=1S/C17H21N5/c1-10-8-14-13(6-5-7-16(14)18)17(20-10)19-9-15-11(2)21-22(4)12(15)3/h5-8H,9,18H2,1-4H3,(H,19,20). The molecule has 0 aliphatic rings. The van der Waals surface area contributed by atoms with Gasteiger partial charge in [-0.3, -0.25) is 4.68 Å². The summed E-state index contributed by atoms with van der Waals surface area (Å²) in [4.78, 5) is 4.63. The van der Waals surface area contributed by atoms with Crippen LogP contribution in [0, 0.1) is 20.8 Å². The molecule has 5 heteroatoms. The molecule has 5 nitrogen and oxygen atoms in total. The molecule has 3 N–H and O–H groups in total. The van der Waals surface area contributed by atoms with Gasteiger partial charge in [-0.2, -0.15) is 5.10 Å². The van der Waals surface area contributed by atoms with Gasteiger partial charge in [-0.05, 0) is 32.9 Å². The van der Waals surface area contributed by atoms with Gasteiger partial charge in [0, 0.05) is 47.0 Å². The number of aryl methyl sites for hydroxylation is 3. The average Bonchev–Trinajstić information content (AvgIpc) is 2.71. The van der Waals surface area contributed by atoms with E-state index in [0.29, 0.717) is 6.54 Å². The molecule has 3 aromatic rings. The van der Waals surface area contributed by atoms with Crippen LogP contribution in [-0.4, -0.2) is 14.8 Å². The van der Waals surface area contributed by atoms with Crippen molar-refractivity contribution >= 4 is 22.3 Å². The fraction of sp³-hybridized carbons (Fsp3) is 0.294. The molecule has 3 rings (SSSR count). The van der Waals surface area contributed by atoms with Crippen molar-refractivity contribution in [3.8, 4) is 0 Å². The lowest BCUT2D eigenvalue weighted by atomic mass is 10.1. The number of nitrogens with one attached hydrogen (secondary N) is 1. The second-order valence-corrected chi connectivity index (χ2v) is 5.68. The maximum Gasteiger partial charge on any atom is 0.134 e. The molecular formula is C17H21N5. The maximum atomic E-state index is 6.08. The molecule has 0 unspecified atom stereocenters. The predicted octanol–water partition coefficient (Wildman–Crippen LogP) is 3.09. The highest BCUT2D eigenvalue weighted by molar-refractivity contribution is 5.99. The van der Waals surface area contributed by atoms with Crippen LogP contribution in [0.4, 0.5) is 11.5 Å². The van der Waals surface area contributed by atoms with Crippen molar-refractivity contribution < 1.29 is 0 Å². The number of benzene rings is 1. The quantitative estimate of drug-likeness (QED) is 0.729. The first-order valence-electron chi connectivity index (χ1n) is 7.36. The third-order valence-electron chi connectivity index (χ3n) is 4.13. The highest BCUT2D eigenvalue weighted by atomic mass is 15.3. The van der Waals surface area contributed by atoms with E-state index in [-0.39, 0.29) is 0 Å². The van der Waals surface area contributed by atoms with E-state index in [2.05, 4.69) is 22.3 Å². The fourth-order valence-electron chi connectivity index (χ4n) is 2.81. The van der Waals surface area contributed by atoms with E-state index in [1.807, 2.05) is 49.8 Å². The molecule has 0 spiro atoms. The summed E-state index contributed by atoms with van der Waals surface area (Å²) >= 11 is 0. The molecule has 2 aromatic heterocycles. The zero-order valence-electron chi connectivity index (χ0n) is 13.4. The number of nitrogens with zero attached hydrogens (tertiary/aromatic N) is 3. The lowest BCUT2D eigenvalue weighted by Gasteiger charge is -2.12. The Labute approximate surface area is 130 Å². The smallest absolute Gasteiger partial charge is 0.134 e. The van der Waals surface area contributed by atoms with E-state index in [9.17, 15) is 0 Å². The summed E-state index contributed by atoms with van der Waals surface area (Å²) in [7, 11) is 1.97. The van der Waals surface area contributed by atoms with Crippen molar-refractivity contribution in [2.24, 2.45) is 7.05 Å². The second kappa shape index (κ2) is 5.33. The summed E-state index contributed by atoms with van der Waals surface area (Å²) < 4.78 is 1.91. The molecule has 1 aromatic carbocycles. The number of hydrogen-bond acceptors (Lipinski definition) is 4. The number of nitrogens with two attached hydrogens (primary N) is 1. The summed E-state index contributed by atoms with van der Waals surface area (Å²) in [5.74, 6) is 0.866. The van der Waals surface area contributed by atoms with Crippen molar-refractivity contribution in [3.63, 3.8) is 0 Å². The minimum atomic E-state index is 0.700. The SMILES string of the molecule is Cc1cc2c(N)cccc2c(NCc2c(C)nn(C)c2C)n1. The number of aromatic nitrogens is 3. The van der Waals surface area contributed by atoms with Crippen molar-refractivity contribution in [3.05, 3.63) is 46.9 Å². The molecular weight excluding hydrogens is 274 g/mol. The molecule has 0 bridgehead atoms. The van der Waals surface area contributed by atoms with Gasteiger partial charge in [-0.15, -0.1) is 0 Å². The Balaban J connectivity index is 1.99. The number of nitrogen functional groups attached to an aromatic ring is 1. The molecule has 22 heavy (non-hydrogen) atoms. The minimum absolute atomic E-state index is 0.700. The third-order valence-corrected chi connectivity index (χ3v) is 4.13. The number of rotatable bonds is 3. The Hall–Kier alpha value is -2.56. The van der Waals surface area contributed by atoms with Crippen LogP contribution in [0.3, 0.4) is 0 Å². The fourth-order valence-corrected chi connectivity index (χ4v) is 2.81. The highest BCUT2D eigenvalue weighted by Gasteiger charge is 2.11. The Morgan fingerprint density at radius 2 is 1.95 bits per heavy atom. The van der Waals surface area contributed by atoms with E-state index in [1.165, 1.54) is 11.3 Å². The van der Waals surface area contributed by atoms with Crippen LogP contribution in [0.1, 0.15) is 22.6 Å². The topological polar surface area (TPSA) is 68.8 Å². The van der Waals surface area contributed by atoms with Crippen molar-refractivity contribution in [1.82, 2.24) is 14.8 Å². The number of hydrogen-bond donors (Lipinski definition) is 2. The molecule has 114 valence electrons. The zero-order valence-corrected chi connectivity index (χ0v) is 13.4. The number of fused-ring (bicyclic) bond motifs is 1. The van der Waals surface area contributed by atoms with Crippen LogP contribution in [-0.2, 0) is 13.6 Å². The van der Waals surface area contributed by atoms with E-state index in [4.69, 9.17) is 5.73 Å². The van der Waals surface area contributed by atoms with E-state index in [0.717, 1.165) is 33.7 Å². The van der Waals surface area contributed by atoms with Crippen LogP contribution >= 0.6 is 0 Å². The largest absolute Gasteiger partial charge is 0.398 e. The van der Waals surface area contributed by atoms with Gasteiger partial charge in [0.05, 0.1) is 5.69 Å². The first-order valence-corrected chi connectivity index (χ1v) is 7.36. The van der Waals surface area contributed by atoms with Gasteiger partial charge in [0.25, 0.3) is 0 Å². The summed E-state index contributed by atoms with van der Waals surface area (Å²) in [5, 5.41) is 9.99. The average molecular weight is 295 g/mol. The Morgan fingerprint density at radius 1 is 1.18 bits per heavy atom. The van der Waals surface area contributed by atoms with Crippen LogP contribution in [0.2, 0.25) is 0 Å². The summed E-state index contributed by atoms with van der Waals surface area (Å²) in [6, 6.07) is 7.95. The van der Waals surface area contributed by atoms with Gasteiger partial charge in [0.1, 0.15) is 5.82 Å². The van der Waals surface area contributed by atoms with Crippen LogP contribution in [0.15, 0.2) is 24.3 Å². The number of pyridine rings is 1. The summed E-state index contributed by atoms with van der Waals surface area (Å²) in [6.07, 6.45) is 0. The molecule has 0 atom stereocenters. The van der Waals surface area contributed by atoms with Gasteiger partial charge in [0.2, 0.25) is 0 Å². The molecule has 0 saturated carbocycles. The third kappa shape index (κ3) is 2.39. The van der Waals surface area contributed by atoms with Gasteiger partial charge in [-0.1, -0.05) is 12.1 Å². The normalized spacial score (nSPS) is 11.1. The van der Waals surface area contributed by atoms with Crippen LogP contribution in [0.5, 0.6) is 0 Å². The van der Waals surface area contributed by atoms with Gasteiger partial charge in [-0.25, -0.2) is 4.98 Å². The van der Waals surface area contributed by atoms with Gasteiger partial charge in [0.15, 0.2) is 0 Å². The first-order chi connectivity index (χ1) is 10.5. The number of anilines is 2. The Kier molecular flexibility index (Phi) is 3.48. The lowest BCUT2D eigenvalue weighted by Crippen LogP contribution is -2.05. The van der Waals surface area contributed by atoms with Crippen molar-refractivity contribution in [1.29, 1.82) is 0 Å². The van der Waals surface area contributed by atoms with E-state index >= 15 is 0 Å². The second-order valence-electron chi connectivity index (χ2n) is 5.68. The molecule has 0 fully saturated rings. The van der Waals surface area contributed by atoms with Crippen LogP contribution in [0.25, 0.3) is 10.8 Å². The van der Waals surface area contributed by atoms with Gasteiger partial charge < -0.3 is 11.1 Å². The molecule has 0 radical (unpaired) electrons.